The van der Waals surface area contributed by atoms with Crippen molar-refractivity contribution in [2.24, 2.45) is 0 Å². The third kappa shape index (κ3) is 6.29. The molecule has 32 heavy (non-hydrogen) atoms. The number of amides is 2. The number of hydrogen-bond acceptors (Lipinski definition) is 6. The Labute approximate surface area is 188 Å². The Kier molecular flexibility index (Phi) is 7.71. The van der Waals surface area contributed by atoms with Crippen molar-refractivity contribution in [3.63, 3.8) is 0 Å². The van der Waals surface area contributed by atoms with Crippen LogP contribution in [-0.2, 0) is 14.3 Å². The maximum Gasteiger partial charge on any atom is 0.238 e. The smallest absolute Gasteiger partial charge is 0.238 e. The first kappa shape index (κ1) is 22.3. The Bertz CT molecular complexity index is 894. The van der Waals surface area contributed by atoms with Crippen LogP contribution in [0.25, 0.3) is 0 Å². The lowest BCUT2D eigenvalue weighted by atomic mass is 10.2. The Morgan fingerprint density at radius 3 is 2.22 bits per heavy atom. The van der Waals surface area contributed by atoms with E-state index in [1.807, 2.05) is 59.5 Å². The maximum absolute atomic E-state index is 12.7. The van der Waals surface area contributed by atoms with Crippen LogP contribution in [-0.4, -0.2) is 92.1 Å². The highest BCUT2D eigenvalue weighted by atomic mass is 16.5. The lowest BCUT2D eigenvalue weighted by Crippen LogP contribution is -2.53. The van der Waals surface area contributed by atoms with Crippen molar-refractivity contribution >= 4 is 17.5 Å². The highest BCUT2D eigenvalue weighted by Gasteiger charge is 2.24. The fourth-order valence-electron chi connectivity index (χ4n) is 3.87. The number of benzene rings is 2. The number of piperazine rings is 1. The third-order valence-electron chi connectivity index (χ3n) is 5.69. The minimum Gasteiger partial charge on any atom is -0.455 e. The van der Waals surface area contributed by atoms with E-state index >= 15 is 0 Å². The highest BCUT2D eigenvalue weighted by molar-refractivity contribution is 5.93. The van der Waals surface area contributed by atoms with Gasteiger partial charge in [0.2, 0.25) is 11.8 Å². The summed E-state index contributed by atoms with van der Waals surface area (Å²) in [5.41, 5.74) is 0.640. The molecule has 8 nitrogen and oxygen atoms in total. The summed E-state index contributed by atoms with van der Waals surface area (Å²) in [5, 5.41) is 2.96. The molecule has 0 aliphatic carbocycles. The number of ether oxygens (including phenoxy) is 2. The summed E-state index contributed by atoms with van der Waals surface area (Å²) in [6.45, 7) is 6.38. The lowest BCUT2D eigenvalue weighted by molar-refractivity contribution is -0.135. The van der Waals surface area contributed by atoms with Crippen LogP contribution in [0.15, 0.2) is 54.6 Å². The fraction of sp³-hybridized carbons (Fsp3) is 0.417. The van der Waals surface area contributed by atoms with E-state index < -0.39 is 0 Å². The van der Waals surface area contributed by atoms with E-state index in [0.717, 1.165) is 13.1 Å². The van der Waals surface area contributed by atoms with E-state index in [1.54, 1.807) is 0 Å². The molecule has 170 valence electrons. The standard InChI is InChI=1S/C24H30N4O4/c29-23(25-21-8-4-5-9-22(21)32-20-6-2-1-3-7-20)18-26-10-12-28(13-11-26)24(30)19-27-14-16-31-17-15-27/h1-9H,10-19H2,(H,25,29). The van der Waals surface area contributed by atoms with Crippen molar-refractivity contribution in [3.8, 4) is 11.5 Å². The summed E-state index contributed by atoms with van der Waals surface area (Å²) in [4.78, 5) is 31.3. The number of para-hydroxylation sites is 3. The number of nitrogens with zero attached hydrogens (tertiary/aromatic N) is 3. The van der Waals surface area contributed by atoms with E-state index in [0.29, 0.717) is 63.1 Å². The van der Waals surface area contributed by atoms with Crippen molar-refractivity contribution in [3.05, 3.63) is 54.6 Å². The van der Waals surface area contributed by atoms with Gasteiger partial charge in [0.15, 0.2) is 5.75 Å². The molecule has 0 atom stereocenters. The summed E-state index contributed by atoms with van der Waals surface area (Å²) < 4.78 is 11.3. The van der Waals surface area contributed by atoms with Crippen molar-refractivity contribution < 1.29 is 19.1 Å². The van der Waals surface area contributed by atoms with Gasteiger partial charge in [-0.25, -0.2) is 0 Å². The van der Waals surface area contributed by atoms with Gasteiger partial charge in [-0.05, 0) is 24.3 Å². The van der Waals surface area contributed by atoms with Gasteiger partial charge in [-0.1, -0.05) is 30.3 Å². The fourth-order valence-corrected chi connectivity index (χ4v) is 3.87. The van der Waals surface area contributed by atoms with Crippen LogP contribution >= 0.6 is 0 Å². The molecule has 0 saturated carbocycles. The largest absolute Gasteiger partial charge is 0.455 e. The molecule has 2 aromatic carbocycles. The van der Waals surface area contributed by atoms with Crippen LogP contribution in [0.1, 0.15) is 0 Å². The molecule has 0 bridgehead atoms. The predicted molar refractivity (Wildman–Crippen MR) is 122 cm³/mol. The average Bonchev–Trinajstić information content (AvgIpc) is 2.82. The van der Waals surface area contributed by atoms with Gasteiger partial charge in [0, 0.05) is 39.3 Å². The maximum atomic E-state index is 12.7. The summed E-state index contributed by atoms with van der Waals surface area (Å²) >= 11 is 0. The van der Waals surface area contributed by atoms with E-state index in [-0.39, 0.29) is 18.4 Å². The Morgan fingerprint density at radius 2 is 1.47 bits per heavy atom. The van der Waals surface area contributed by atoms with E-state index in [9.17, 15) is 9.59 Å². The molecule has 2 aromatic rings. The quantitative estimate of drug-likeness (QED) is 0.712. The first-order valence-electron chi connectivity index (χ1n) is 11.1. The predicted octanol–water partition coefficient (Wildman–Crippen LogP) is 1.89. The van der Waals surface area contributed by atoms with Crippen LogP contribution in [0.3, 0.4) is 0 Å². The van der Waals surface area contributed by atoms with Crippen molar-refractivity contribution in [2.45, 2.75) is 0 Å². The molecule has 8 heteroatoms. The van der Waals surface area contributed by atoms with Crippen LogP contribution in [0.2, 0.25) is 0 Å². The molecule has 0 aromatic heterocycles. The van der Waals surface area contributed by atoms with Crippen molar-refractivity contribution in [1.82, 2.24) is 14.7 Å². The Morgan fingerprint density at radius 1 is 0.812 bits per heavy atom. The molecule has 2 aliphatic heterocycles. The van der Waals surface area contributed by atoms with E-state index in [1.165, 1.54) is 0 Å². The van der Waals surface area contributed by atoms with Crippen LogP contribution in [0.4, 0.5) is 5.69 Å². The second kappa shape index (κ2) is 11.1. The monoisotopic (exact) mass is 438 g/mol. The molecule has 0 unspecified atom stereocenters. The number of hydrogen-bond donors (Lipinski definition) is 1. The number of carbonyl (C=O) groups is 2. The second-order valence-corrected chi connectivity index (χ2v) is 8.00. The van der Waals surface area contributed by atoms with Gasteiger partial charge < -0.3 is 19.7 Å². The van der Waals surface area contributed by atoms with Gasteiger partial charge in [-0.2, -0.15) is 0 Å². The number of rotatable bonds is 7. The minimum atomic E-state index is -0.0952. The topological polar surface area (TPSA) is 74.4 Å². The van der Waals surface area contributed by atoms with E-state index in [4.69, 9.17) is 9.47 Å². The van der Waals surface area contributed by atoms with Crippen LogP contribution < -0.4 is 10.1 Å². The summed E-state index contributed by atoms with van der Waals surface area (Å²) in [6.07, 6.45) is 0. The molecule has 0 spiro atoms. The lowest BCUT2D eigenvalue weighted by Gasteiger charge is -2.36. The molecule has 2 amide bonds. The summed E-state index contributed by atoms with van der Waals surface area (Å²) in [5.74, 6) is 1.38. The Balaban J connectivity index is 1.24. The second-order valence-electron chi connectivity index (χ2n) is 8.00. The van der Waals surface area contributed by atoms with Crippen LogP contribution in [0.5, 0.6) is 11.5 Å². The van der Waals surface area contributed by atoms with Gasteiger partial charge in [-0.15, -0.1) is 0 Å². The number of carbonyl (C=O) groups excluding carboxylic acids is 2. The normalized spacial score (nSPS) is 17.7. The molecule has 1 N–H and O–H groups in total. The summed E-state index contributed by atoms with van der Waals surface area (Å²) in [6, 6.07) is 16.9. The number of anilines is 1. The third-order valence-corrected chi connectivity index (χ3v) is 5.69. The first-order valence-corrected chi connectivity index (χ1v) is 11.1. The van der Waals surface area contributed by atoms with Crippen molar-refractivity contribution in [1.29, 1.82) is 0 Å². The molecular formula is C24H30N4O4. The molecule has 2 aliphatic rings. The van der Waals surface area contributed by atoms with Gasteiger partial charge in [0.25, 0.3) is 0 Å². The minimum absolute atomic E-state index is 0.0952. The SMILES string of the molecule is O=C(CN1CCN(C(=O)CN2CCOCC2)CC1)Nc1ccccc1Oc1ccccc1. The van der Waals surface area contributed by atoms with Gasteiger partial charge in [-0.3, -0.25) is 19.4 Å². The van der Waals surface area contributed by atoms with Gasteiger partial charge >= 0.3 is 0 Å². The molecular weight excluding hydrogens is 408 g/mol. The van der Waals surface area contributed by atoms with Gasteiger partial charge in [0.1, 0.15) is 5.75 Å². The van der Waals surface area contributed by atoms with Crippen molar-refractivity contribution in [2.75, 3.05) is 70.9 Å². The number of nitrogens with one attached hydrogen (secondary N) is 1. The molecule has 2 fully saturated rings. The molecule has 2 saturated heterocycles. The zero-order valence-corrected chi connectivity index (χ0v) is 18.2. The number of morpholine rings is 1. The van der Waals surface area contributed by atoms with Crippen LogP contribution in [0, 0.1) is 0 Å². The average molecular weight is 439 g/mol. The van der Waals surface area contributed by atoms with E-state index in [2.05, 4.69) is 15.1 Å². The zero-order chi connectivity index (χ0) is 22.2. The zero-order valence-electron chi connectivity index (χ0n) is 18.2. The molecule has 4 rings (SSSR count). The molecule has 2 heterocycles. The first-order chi connectivity index (χ1) is 15.7. The summed E-state index contributed by atoms with van der Waals surface area (Å²) in [7, 11) is 0. The highest BCUT2D eigenvalue weighted by Crippen LogP contribution is 2.29. The van der Waals surface area contributed by atoms with Gasteiger partial charge in [0.05, 0.1) is 32.0 Å². The Hall–Kier alpha value is -2.94. The molecule has 0 radical (unpaired) electrons.